The first-order chi connectivity index (χ1) is 5.69. The third-order valence-corrected chi connectivity index (χ3v) is 2.90. The highest BCUT2D eigenvalue weighted by atomic mass is 16.5. The Balaban J connectivity index is 2.06. The zero-order valence-electron chi connectivity index (χ0n) is 8.31. The van der Waals surface area contributed by atoms with Crippen LogP contribution in [-0.2, 0) is 4.74 Å². The van der Waals surface area contributed by atoms with E-state index in [9.17, 15) is 0 Å². The summed E-state index contributed by atoms with van der Waals surface area (Å²) in [7, 11) is 0. The maximum Gasteiger partial charge on any atom is 0.0828 e. The second kappa shape index (κ2) is 4.24. The third kappa shape index (κ3) is 2.20. The van der Waals surface area contributed by atoms with Crippen molar-refractivity contribution in [3.8, 4) is 0 Å². The molecule has 2 nitrogen and oxygen atoms in total. The van der Waals surface area contributed by atoms with Crippen molar-refractivity contribution in [2.24, 2.45) is 5.73 Å². The summed E-state index contributed by atoms with van der Waals surface area (Å²) in [6.45, 7) is 5.12. The molecule has 2 atom stereocenters. The number of hydrogen-bond donors (Lipinski definition) is 1. The van der Waals surface area contributed by atoms with E-state index in [1.54, 1.807) is 0 Å². The van der Waals surface area contributed by atoms with Crippen LogP contribution in [0, 0.1) is 0 Å². The van der Waals surface area contributed by atoms with Crippen molar-refractivity contribution in [2.75, 3.05) is 6.61 Å². The van der Waals surface area contributed by atoms with Crippen molar-refractivity contribution in [1.29, 1.82) is 0 Å². The van der Waals surface area contributed by atoms with Gasteiger partial charge in [0.15, 0.2) is 0 Å². The van der Waals surface area contributed by atoms with Crippen LogP contribution in [0.4, 0.5) is 0 Å². The van der Waals surface area contributed by atoms with Gasteiger partial charge in [0.2, 0.25) is 0 Å². The quantitative estimate of drug-likeness (QED) is 0.643. The number of ether oxygens (including phenoxy) is 1. The van der Waals surface area contributed by atoms with Crippen molar-refractivity contribution in [1.82, 2.24) is 0 Å². The summed E-state index contributed by atoms with van der Waals surface area (Å²) >= 11 is 0. The van der Waals surface area contributed by atoms with Gasteiger partial charge in [0.05, 0.1) is 18.2 Å². The lowest BCUT2D eigenvalue weighted by Gasteiger charge is -2.45. The largest absolute Gasteiger partial charge is 0.372 e. The number of rotatable bonds is 5. The molecule has 2 unspecified atom stereocenters. The Labute approximate surface area is 75.5 Å². The molecule has 0 spiro atoms. The van der Waals surface area contributed by atoms with Crippen LogP contribution in [0.25, 0.3) is 0 Å². The number of hydrogen-bond acceptors (Lipinski definition) is 2. The molecule has 0 aromatic rings. The first kappa shape index (κ1) is 10.0. The Hall–Kier alpha value is -0.0800. The monoisotopic (exact) mass is 171 g/mol. The lowest BCUT2D eigenvalue weighted by atomic mass is 9.86. The van der Waals surface area contributed by atoms with E-state index in [2.05, 4.69) is 13.8 Å². The summed E-state index contributed by atoms with van der Waals surface area (Å²) < 4.78 is 5.49. The molecule has 0 radical (unpaired) electrons. The molecule has 1 fully saturated rings. The summed E-state index contributed by atoms with van der Waals surface area (Å²) in [4.78, 5) is 0. The average molecular weight is 171 g/mol. The van der Waals surface area contributed by atoms with Crippen LogP contribution >= 0.6 is 0 Å². The van der Waals surface area contributed by atoms with Crippen LogP contribution in [0.1, 0.15) is 46.0 Å². The second-order valence-electron chi connectivity index (χ2n) is 4.04. The molecular weight excluding hydrogens is 150 g/mol. The summed E-state index contributed by atoms with van der Waals surface area (Å²) in [6.07, 6.45) is 6.35. The predicted molar refractivity (Wildman–Crippen MR) is 51.1 cm³/mol. The minimum atomic E-state index is 0.00768. The molecule has 1 saturated heterocycles. The fourth-order valence-electron chi connectivity index (χ4n) is 1.62. The van der Waals surface area contributed by atoms with Gasteiger partial charge in [-0.3, -0.25) is 0 Å². The first-order valence-corrected chi connectivity index (χ1v) is 5.08. The van der Waals surface area contributed by atoms with Crippen LogP contribution in [-0.4, -0.2) is 18.2 Å². The summed E-state index contributed by atoms with van der Waals surface area (Å²) in [5, 5.41) is 0. The first-order valence-electron chi connectivity index (χ1n) is 5.08. The molecule has 2 heteroatoms. The molecule has 0 bridgehead atoms. The van der Waals surface area contributed by atoms with Crippen LogP contribution in [0.2, 0.25) is 0 Å². The van der Waals surface area contributed by atoms with Crippen LogP contribution in [0.3, 0.4) is 0 Å². The molecule has 0 amide bonds. The zero-order valence-corrected chi connectivity index (χ0v) is 8.31. The lowest BCUT2D eigenvalue weighted by Crippen LogP contribution is -2.60. The third-order valence-electron chi connectivity index (χ3n) is 2.90. The van der Waals surface area contributed by atoms with Gasteiger partial charge < -0.3 is 10.5 Å². The molecule has 2 N–H and O–H groups in total. The van der Waals surface area contributed by atoms with E-state index in [4.69, 9.17) is 10.5 Å². The Morgan fingerprint density at radius 3 is 2.58 bits per heavy atom. The standard InChI is InChI=1S/C10H21NO/c1-3-4-5-6-7-10(2)9(11)8-12-10/h9H,3-8,11H2,1-2H3. The predicted octanol–water partition coefficient (Wildman–Crippen LogP) is 2.07. The number of unbranched alkanes of at least 4 members (excludes halogenated alkanes) is 3. The highest BCUT2D eigenvalue weighted by molar-refractivity contribution is 4.94. The molecule has 0 aromatic carbocycles. The van der Waals surface area contributed by atoms with E-state index in [1.807, 2.05) is 0 Å². The van der Waals surface area contributed by atoms with Crippen molar-refractivity contribution in [2.45, 2.75) is 57.6 Å². The van der Waals surface area contributed by atoms with Crippen LogP contribution in [0.5, 0.6) is 0 Å². The van der Waals surface area contributed by atoms with Crippen molar-refractivity contribution in [3.63, 3.8) is 0 Å². The molecule has 72 valence electrons. The smallest absolute Gasteiger partial charge is 0.0828 e. The Morgan fingerprint density at radius 2 is 2.17 bits per heavy atom. The maximum atomic E-state index is 5.85. The van der Waals surface area contributed by atoms with Crippen LogP contribution in [0.15, 0.2) is 0 Å². The minimum Gasteiger partial charge on any atom is -0.372 e. The van der Waals surface area contributed by atoms with Gasteiger partial charge >= 0.3 is 0 Å². The van der Waals surface area contributed by atoms with Crippen LogP contribution < -0.4 is 5.73 Å². The van der Waals surface area contributed by atoms with Gasteiger partial charge in [-0.2, -0.15) is 0 Å². The average Bonchev–Trinajstić information content (AvgIpc) is 2.09. The van der Waals surface area contributed by atoms with E-state index in [1.165, 1.54) is 25.7 Å². The van der Waals surface area contributed by atoms with Gasteiger partial charge in [-0.05, 0) is 13.3 Å². The summed E-state index contributed by atoms with van der Waals surface area (Å²) in [5.41, 5.74) is 5.85. The maximum absolute atomic E-state index is 5.85. The topological polar surface area (TPSA) is 35.2 Å². The molecule has 1 aliphatic rings. The van der Waals surface area contributed by atoms with Gasteiger partial charge in [-0.15, -0.1) is 0 Å². The SMILES string of the molecule is CCCCCCC1(C)OCC1N. The highest BCUT2D eigenvalue weighted by Gasteiger charge is 2.40. The minimum absolute atomic E-state index is 0.00768. The Kier molecular flexibility index (Phi) is 3.53. The van der Waals surface area contributed by atoms with Gasteiger partial charge in [-0.1, -0.05) is 32.6 Å². The highest BCUT2D eigenvalue weighted by Crippen LogP contribution is 2.30. The van der Waals surface area contributed by atoms with E-state index in [-0.39, 0.29) is 11.6 Å². The number of nitrogens with two attached hydrogens (primary N) is 1. The fourth-order valence-corrected chi connectivity index (χ4v) is 1.62. The van der Waals surface area contributed by atoms with E-state index in [0.717, 1.165) is 13.0 Å². The molecular formula is C10H21NO. The van der Waals surface area contributed by atoms with Crippen molar-refractivity contribution < 1.29 is 4.74 Å². The van der Waals surface area contributed by atoms with Crippen molar-refractivity contribution in [3.05, 3.63) is 0 Å². The molecule has 0 aliphatic carbocycles. The van der Waals surface area contributed by atoms with Gasteiger partial charge in [0.1, 0.15) is 0 Å². The molecule has 1 rings (SSSR count). The van der Waals surface area contributed by atoms with E-state index >= 15 is 0 Å². The van der Waals surface area contributed by atoms with E-state index in [0.29, 0.717) is 0 Å². The fraction of sp³-hybridized carbons (Fsp3) is 1.00. The molecule has 12 heavy (non-hydrogen) atoms. The Bertz CT molecular complexity index is 138. The molecule has 0 aromatic heterocycles. The molecule has 0 saturated carbocycles. The Morgan fingerprint density at radius 1 is 1.42 bits per heavy atom. The molecule has 1 aliphatic heterocycles. The summed E-state index contributed by atoms with van der Waals surface area (Å²) in [5.74, 6) is 0. The second-order valence-corrected chi connectivity index (χ2v) is 4.04. The van der Waals surface area contributed by atoms with E-state index < -0.39 is 0 Å². The van der Waals surface area contributed by atoms with Gasteiger partial charge in [-0.25, -0.2) is 0 Å². The lowest BCUT2D eigenvalue weighted by molar-refractivity contribution is -0.158. The van der Waals surface area contributed by atoms with Gasteiger partial charge in [0, 0.05) is 0 Å². The van der Waals surface area contributed by atoms with Gasteiger partial charge in [0.25, 0.3) is 0 Å². The van der Waals surface area contributed by atoms with Crippen molar-refractivity contribution >= 4 is 0 Å². The molecule has 1 heterocycles. The summed E-state index contributed by atoms with van der Waals surface area (Å²) in [6, 6.07) is 0.277. The zero-order chi connectivity index (χ0) is 9.03. The normalized spacial score (nSPS) is 34.8.